The normalized spacial score (nSPS) is 13.0. The van der Waals surface area contributed by atoms with Crippen molar-refractivity contribution in [2.75, 3.05) is 20.4 Å². The van der Waals surface area contributed by atoms with E-state index < -0.39 is 34.4 Å². The van der Waals surface area contributed by atoms with E-state index in [2.05, 4.69) is 5.32 Å². The van der Waals surface area contributed by atoms with Crippen molar-refractivity contribution in [2.24, 2.45) is 0 Å². The summed E-state index contributed by atoms with van der Waals surface area (Å²) in [5, 5.41) is 12.3. The zero-order valence-electron chi connectivity index (χ0n) is 22.5. The van der Waals surface area contributed by atoms with Crippen molar-refractivity contribution in [3.05, 3.63) is 102 Å². The van der Waals surface area contributed by atoms with E-state index >= 15 is 0 Å². The van der Waals surface area contributed by atoms with Gasteiger partial charge in [0.15, 0.2) is 11.5 Å². The smallest absolute Gasteiger partial charge is 0.263 e. The molecule has 1 aliphatic rings. The zero-order chi connectivity index (χ0) is 29.7. The molecule has 12 nitrogen and oxygen atoms in total. The number of hydrogen-bond acceptors (Lipinski definition) is 8. The fraction of sp³-hybridized carbons (Fsp3) is 0.172. The van der Waals surface area contributed by atoms with Crippen molar-refractivity contribution in [3.8, 4) is 22.9 Å². The molecule has 0 saturated heterocycles. The lowest BCUT2D eigenvalue weighted by Crippen LogP contribution is -2.53. The third-order valence-corrected chi connectivity index (χ3v) is 8.56. The molecule has 0 spiro atoms. The number of fused-ring (bicyclic) bond motifs is 1. The van der Waals surface area contributed by atoms with Crippen LogP contribution in [0.1, 0.15) is 15.9 Å². The Hall–Kier alpha value is -4.85. The molecule has 2 amide bonds. The summed E-state index contributed by atoms with van der Waals surface area (Å²) in [5.41, 5.74) is 2.92. The van der Waals surface area contributed by atoms with E-state index in [0.717, 1.165) is 4.31 Å². The predicted molar refractivity (Wildman–Crippen MR) is 150 cm³/mol. The number of rotatable bonds is 11. The van der Waals surface area contributed by atoms with Crippen LogP contribution in [0.3, 0.4) is 0 Å². The van der Waals surface area contributed by atoms with Crippen LogP contribution in [0.5, 0.6) is 17.2 Å². The molecule has 0 fully saturated rings. The summed E-state index contributed by atoms with van der Waals surface area (Å²) >= 11 is 0. The second-order valence-electron chi connectivity index (χ2n) is 9.22. The Morgan fingerprint density at radius 1 is 1.00 bits per heavy atom. The average molecular weight is 593 g/mol. The van der Waals surface area contributed by atoms with Crippen LogP contribution in [0, 0.1) is 0 Å². The number of hydrogen-bond donors (Lipinski definition) is 3. The van der Waals surface area contributed by atoms with Gasteiger partial charge < -0.3 is 24.1 Å². The first-order chi connectivity index (χ1) is 20.3. The van der Waals surface area contributed by atoms with Crippen molar-refractivity contribution < 1.29 is 37.4 Å². The third kappa shape index (κ3) is 5.93. The number of nitrogens with zero attached hydrogens (tertiary/aromatic N) is 2. The monoisotopic (exact) mass is 592 g/mol. The van der Waals surface area contributed by atoms with Gasteiger partial charge in [-0.15, -0.1) is 0 Å². The van der Waals surface area contributed by atoms with E-state index in [-0.39, 0.29) is 18.2 Å². The van der Waals surface area contributed by atoms with Crippen LogP contribution in [-0.2, 0) is 21.4 Å². The molecule has 0 bridgehead atoms. The average Bonchev–Trinajstić information content (AvgIpc) is 3.73. The maximum atomic E-state index is 14.0. The number of para-hydroxylation sites is 1. The van der Waals surface area contributed by atoms with E-state index in [0.29, 0.717) is 34.1 Å². The summed E-state index contributed by atoms with van der Waals surface area (Å²) in [4.78, 5) is 26.2. The van der Waals surface area contributed by atoms with Crippen LogP contribution in [-0.4, -0.2) is 60.8 Å². The van der Waals surface area contributed by atoms with E-state index in [9.17, 15) is 23.2 Å². The summed E-state index contributed by atoms with van der Waals surface area (Å²) in [5.74, 6) is -0.213. The molecule has 4 aromatic rings. The van der Waals surface area contributed by atoms with Gasteiger partial charge in [0.1, 0.15) is 11.8 Å². The Bertz CT molecular complexity index is 1670. The van der Waals surface area contributed by atoms with Gasteiger partial charge >= 0.3 is 0 Å². The first kappa shape index (κ1) is 28.7. The number of methoxy groups -OCH3 is 1. The molecule has 5 rings (SSSR count). The minimum Gasteiger partial charge on any atom is -0.497 e. The number of aromatic nitrogens is 1. The number of amides is 2. The Kier molecular flexibility index (Phi) is 8.43. The SMILES string of the molecule is COc1ccc(S(=O)(=O)N(Cc2ccc3c(c2)OCO3)[C@H](CNC(=O)c2ccccc2-n2cccc2)C(=O)NO)cc1. The van der Waals surface area contributed by atoms with Crippen molar-refractivity contribution in [3.63, 3.8) is 0 Å². The van der Waals surface area contributed by atoms with Gasteiger partial charge in [0.2, 0.25) is 16.8 Å². The highest BCUT2D eigenvalue weighted by Gasteiger charge is 2.37. The molecule has 218 valence electrons. The Morgan fingerprint density at radius 3 is 2.43 bits per heavy atom. The van der Waals surface area contributed by atoms with Gasteiger partial charge in [-0.05, 0) is 66.2 Å². The number of benzene rings is 3. The van der Waals surface area contributed by atoms with Crippen molar-refractivity contribution in [1.82, 2.24) is 19.7 Å². The Balaban J connectivity index is 1.49. The molecule has 1 aliphatic heterocycles. The van der Waals surface area contributed by atoms with Gasteiger partial charge in [0, 0.05) is 25.5 Å². The largest absolute Gasteiger partial charge is 0.497 e. The summed E-state index contributed by atoms with van der Waals surface area (Å²) in [6.07, 6.45) is 3.56. The molecule has 0 unspecified atom stereocenters. The van der Waals surface area contributed by atoms with Crippen molar-refractivity contribution in [1.29, 1.82) is 0 Å². The molecule has 1 aromatic heterocycles. The molecule has 1 atom stereocenters. The third-order valence-electron chi connectivity index (χ3n) is 6.69. The van der Waals surface area contributed by atoms with Crippen LogP contribution < -0.4 is 25.0 Å². The first-order valence-corrected chi connectivity index (χ1v) is 14.2. The molecule has 13 heteroatoms. The minimum absolute atomic E-state index is 0.0265. The maximum Gasteiger partial charge on any atom is 0.263 e. The maximum absolute atomic E-state index is 14.0. The van der Waals surface area contributed by atoms with E-state index in [4.69, 9.17) is 14.2 Å². The lowest BCUT2D eigenvalue weighted by atomic mass is 10.1. The molecule has 2 heterocycles. The summed E-state index contributed by atoms with van der Waals surface area (Å²) in [6.45, 7) is -0.719. The van der Waals surface area contributed by atoms with Crippen molar-refractivity contribution in [2.45, 2.75) is 17.5 Å². The highest BCUT2D eigenvalue weighted by atomic mass is 32.2. The minimum atomic E-state index is -4.37. The number of sulfonamides is 1. The molecule has 0 saturated carbocycles. The first-order valence-electron chi connectivity index (χ1n) is 12.8. The topological polar surface area (TPSA) is 148 Å². The van der Waals surface area contributed by atoms with E-state index in [1.165, 1.54) is 31.4 Å². The Morgan fingerprint density at radius 2 is 1.71 bits per heavy atom. The van der Waals surface area contributed by atoms with E-state index in [1.54, 1.807) is 64.9 Å². The highest BCUT2D eigenvalue weighted by molar-refractivity contribution is 7.89. The van der Waals surface area contributed by atoms with E-state index in [1.807, 2.05) is 12.1 Å². The predicted octanol–water partition coefficient (Wildman–Crippen LogP) is 2.71. The van der Waals surface area contributed by atoms with Crippen LogP contribution in [0.15, 0.2) is 96.2 Å². The molecular formula is C29H28N4O8S. The van der Waals surface area contributed by atoms with Gasteiger partial charge in [0.05, 0.1) is 23.3 Å². The van der Waals surface area contributed by atoms with Crippen molar-refractivity contribution >= 4 is 21.8 Å². The van der Waals surface area contributed by atoms with Gasteiger partial charge in [-0.1, -0.05) is 18.2 Å². The second kappa shape index (κ2) is 12.3. The zero-order valence-corrected chi connectivity index (χ0v) is 23.3. The standard InChI is InChI=1S/C29H28N4O8S/c1-39-21-9-11-22(12-10-21)42(37,38)33(18-20-8-13-26-27(16-20)41-19-40-26)25(29(35)31-36)17-30-28(34)23-6-2-3-7-24(23)32-14-4-5-15-32/h2-16,25,36H,17-19H2,1H3,(H,30,34)(H,31,35)/t25-/m1/s1. The number of carbonyl (C=O) groups is 2. The lowest BCUT2D eigenvalue weighted by Gasteiger charge is -2.30. The summed E-state index contributed by atoms with van der Waals surface area (Å²) in [7, 11) is -2.92. The van der Waals surface area contributed by atoms with Gasteiger partial charge in [-0.2, -0.15) is 4.31 Å². The fourth-order valence-corrected chi connectivity index (χ4v) is 6.11. The second-order valence-corrected chi connectivity index (χ2v) is 11.1. The molecular weight excluding hydrogens is 564 g/mol. The molecule has 3 aromatic carbocycles. The number of ether oxygens (including phenoxy) is 3. The van der Waals surface area contributed by atoms with Gasteiger partial charge in [-0.25, -0.2) is 13.9 Å². The molecule has 3 N–H and O–H groups in total. The van der Waals surface area contributed by atoms with Crippen LogP contribution in [0.25, 0.3) is 5.69 Å². The summed E-state index contributed by atoms with van der Waals surface area (Å²) in [6, 6.07) is 19.5. The fourth-order valence-electron chi connectivity index (χ4n) is 4.54. The van der Waals surface area contributed by atoms with Crippen LogP contribution >= 0.6 is 0 Å². The molecule has 0 aliphatic carbocycles. The Labute approximate surface area is 242 Å². The summed E-state index contributed by atoms with van der Waals surface area (Å²) < 4.78 is 46.6. The van der Waals surface area contributed by atoms with Gasteiger partial charge in [0.25, 0.3) is 11.8 Å². The number of nitrogens with one attached hydrogen (secondary N) is 2. The number of carbonyl (C=O) groups excluding carboxylic acids is 2. The molecule has 42 heavy (non-hydrogen) atoms. The van der Waals surface area contributed by atoms with Crippen LogP contribution in [0.4, 0.5) is 0 Å². The number of hydroxylamine groups is 1. The highest BCUT2D eigenvalue weighted by Crippen LogP contribution is 2.34. The van der Waals surface area contributed by atoms with Gasteiger partial charge in [-0.3, -0.25) is 14.8 Å². The van der Waals surface area contributed by atoms with Crippen LogP contribution in [0.2, 0.25) is 0 Å². The quantitative estimate of drug-likeness (QED) is 0.178. The molecule has 0 radical (unpaired) electrons. The lowest BCUT2D eigenvalue weighted by molar-refractivity contribution is -0.133.